The van der Waals surface area contributed by atoms with E-state index in [9.17, 15) is 4.79 Å². The standard InChI is InChI=1S/C16H24N2O2/c1-2-3-12-20-16(19)18-11-7-10-14(17)15(18)13-8-5-4-6-9-13/h4-6,8-9,14-15H,2-3,7,10-12,17H2,1H3. The summed E-state index contributed by atoms with van der Waals surface area (Å²) in [5.74, 6) is 0. The van der Waals surface area contributed by atoms with Crippen LogP contribution in [0.2, 0.25) is 0 Å². The van der Waals surface area contributed by atoms with Gasteiger partial charge in [-0.05, 0) is 24.8 Å². The van der Waals surface area contributed by atoms with Crippen molar-refractivity contribution in [2.75, 3.05) is 13.2 Å². The van der Waals surface area contributed by atoms with Crippen LogP contribution in [0, 0.1) is 0 Å². The highest BCUT2D eigenvalue weighted by Crippen LogP contribution is 2.30. The highest BCUT2D eigenvalue weighted by molar-refractivity contribution is 5.68. The van der Waals surface area contributed by atoms with Gasteiger partial charge in [-0.3, -0.25) is 4.90 Å². The molecule has 2 unspecified atom stereocenters. The van der Waals surface area contributed by atoms with Gasteiger partial charge < -0.3 is 10.5 Å². The van der Waals surface area contributed by atoms with E-state index in [1.54, 1.807) is 4.90 Å². The molecule has 2 rings (SSSR count). The van der Waals surface area contributed by atoms with Crippen molar-refractivity contribution in [1.29, 1.82) is 0 Å². The molecule has 4 nitrogen and oxygen atoms in total. The average Bonchev–Trinajstić information content (AvgIpc) is 2.48. The third-order valence-corrected chi connectivity index (χ3v) is 3.78. The van der Waals surface area contributed by atoms with E-state index in [-0.39, 0.29) is 18.2 Å². The number of nitrogens with two attached hydrogens (primary N) is 1. The van der Waals surface area contributed by atoms with Crippen LogP contribution in [0.25, 0.3) is 0 Å². The number of carbonyl (C=O) groups excluding carboxylic acids is 1. The Labute approximate surface area is 120 Å². The van der Waals surface area contributed by atoms with Gasteiger partial charge >= 0.3 is 6.09 Å². The van der Waals surface area contributed by atoms with Crippen molar-refractivity contribution < 1.29 is 9.53 Å². The molecule has 1 aromatic rings. The van der Waals surface area contributed by atoms with Gasteiger partial charge in [-0.15, -0.1) is 0 Å². The van der Waals surface area contributed by atoms with Crippen LogP contribution in [0.15, 0.2) is 30.3 Å². The summed E-state index contributed by atoms with van der Waals surface area (Å²) in [6, 6.07) is 9.91. The Hall–Kier alpha value is -1.55. The zero-order valence-corrected chi connectivity index (χ0v) is 12.1. The maximum Gasteiger partial charge on any atom is 0.410 e. The van der Waals surface area contributed by atoms with Crippen LogP contribution in [0.3, 0.4) is 0 Å². The van der Waals surface area contributed by atoms with Crippen LogP contribution in [0.1, 0.15) is 44.2 Å². The summed E-state index contributed by atoms with van der Waals surface area (Å²) in [6.45, 7) is 3.29. The highest BCUT2D eigenvalue weighted by Gasteiger charge is 2.34. The second-order valence-corrected chi connectivity index (χ2v) is 5.32. The van der Waals surface area contributed by atoms with Crippen molar-refractivity contribution in [2.45, 2.75) is 44.7 Å². The summed E-state index contributed by atoms with van der Waals surface area (Å²) in [5, 5.41) is 0. The molecule has 0 aromatic heterocycles. The average molecular weight is 276 g/mol. The van der Waals surface area contributed by atoms with E-state index in [1.807, 2.05) is 30.3 Å². The molecule has 0 spiro atoms. The lowest BCUT2D eigenvalue weighted by Crippen LogP contribution is -2.48. The number of ether oxygens (including phenoxy) is 1. The third-order valence-electron chi connectivity index (χ3n) is 3.78. The number of carbonyl (C=O) groups is 1. The zero-order valence-electron chi connectivity index (χ0n) is 12.1. The van der Waals surface area contributed by atoms with Crippen LogP contribution in [0.4, 0.5) is 4.79 Å². The number of hydrogen-bond acceptors (Lipinski definition) is 3. The normalized spacial score (nSPS) is 22.6. The van der Waals surface area contributed by atoms with Gasteiger partial charge in [0.15, 0.2) is 0 Å². The first-order valence-electron chi connectivity index (χ1n) is 7.48. The van der Waals surface area contributed by atoms with Gasteiger partial charge in [-0.1, -0.05) is 43.7 Å². The summed E-state index contributed by atoms with van der Waals surface area (Å²) >= 11 is 0. The van der Waals surface area contributed by atoms with Crippen molar-refractivity contribution in [3.63, 3.8) is 0 Å². The SMILES string of the molecule is CCCCOC(=O)N1CCCC(N)C1c1ccccc1. The molecular formula is C16H24N2O2. The number of amides is 1. The highest BCUT2D eigenvalue weighted by atomic mass is 16.6. The van der Waals surface area contributed by atoms with Crippen LogP contribution in [-0.4, -0.2) is 30.2 Å². The maximum absolute atomic E-state index is 12.3. The fourth-order valence-corrected chi connectivity index (χ4v) is 2.69. The van der Waals surface area contributed by atoms with Crippen LogP contribution in [-0.2, 0) is 4.74 Å². The molecule has 1 fully saturated rings. The predicted octanol–water partition coefficient (Wildman–Crippen LogP) is 3.09. The van der Waals surface area contributed by atoms with E-state index < -0.39 is 0 Å². The molecule has 110 valence electrons. The number of hydrogen-bond donors (Lipinski definition) is 1. The maximum atomic E-state index is 12.3. The Bertz CT molecular complexity index is 422. The Morgan fingerprint density at radius 2 is 2.15 bits per heavy atom. The molecule has 0 radical (unpaired) electrons. The molecule has 1 heterocycles. The van der Waals surface area contributed by atoms with Crippen molar-refractivity contribution in [2.24, 2.45) is 5.73 Å². The van der Waals surface area contributed by atoms with Crippen LogP contribution in [0.5, 0.6) is 0 Å². The number of piperidine rings is 1. The van der Waals surface area contributed by atoms with E-state index >= 15 is 0 Å². The minimum absolute atomic E-state index is 0.0233. The van der Waals surface area contributed by atoms with Gasteiger partial charge in [0.1, 0.15) is 0 Å². The minimum atomic E-state index is -0.234. The summed E-state index contributed by atoms with van der Waals surface area (Å²) in [6.07, 6.45) is 3.57. The van der Waals surface area contributed by atoms with Crippen molar-refractivity contribution in [1.82, 2.24) is 4.90 Å². The van der Waals surface area contributed by atoms with Gasteiger partial charge in [0.25, 0.3) is 0 Å². The van der Waals surface area contributed by atoms with Crippen molar-refractivity contribution >= 4 is 6.09 Å². The fourth-order valence-electron chi connectivity index (χ4n) is 2.69. The molecule has 1 saturated heterocycles. The Morgan fingerprint density at radius 1 is 1.40 bits per heavy atom. The van der Waals surface area contributed by atoms with E-state index in [0.29, 0.717) is 6.61 Å². The third kappa shape index (κ3) is 3.51. The molecular weight excluding hydrogens is 252 g/mol. The van der Waals surface area contributed by atoms with Crippen LogP contribution < -0.4 is 5.73 Å². The molecule has 1 aliphatic heterocycles. The van der Waals surface area contributed by atoms with Gasteiger partial charge in [0.05, 0.1) is 12.6 Å². The first kappa shape index (κ1) is 14.9. The van der Waals surface area contributed by atoms with E-state index in [2.05, 4.69) is 6.92 Å². The number of likely N-dealkylation sites (tertiary alicyclic amines) is 1. The van der Waals surface area contributed by atoms with Gasteiger partial charge in [-0.2, -0.15) is 0 Å². The Kier molecular flexibility index (Phi) is 5.41. The van der Waals surface area contributed by atoms with Crippen molar-refractivity contribution in [3.05, 3.63) is 35.9 Å². The van der Waals surface area contributed by atoms with E-state index in [4.69, 9.17) is 10.5 Å². The fraction of sp³-hybridized carbons (Fsp3) is 0.562. The lowest BCUT2D eigenvalue weighted by atomic mass is 9.91. The summed E-state index contributed by atoms with van der Waals surface area (Å²) in [5.41, 5.74) is 7.33. The topological polar surface area (TPSA) is 55.6 Å². The number of nitrogens with zero attached hydrogens (tertiary/aromatic N) is 1. The Balaban J connectivity index is 2.10. The molecule has 0 saturated carbocycles. The van der Waals surface area contributed by atoms with E-state index in [1.165, 1.54) is 0 Å². The second-order valence-electron chi connectivity index (χ2n) is 5.32. The Morgan fingerprint density at radius 3 is 2.85 bits per heavy atom. The largest absolute Gasteiger partial charge is 0.449 e. The zero-order chi connectivity index (χ0) is 14.4. The van der Waals surface area contributed by atoms with Gasteiger partial charge in [0, 0.05) is 12.6 Å². The van der Waals surface area contributed by atoms with E-state index in [0.717, 1.165) is 37.8 Å². The number of unbranched alkanes of at least 4 members (excludes halogenated alkanes) is 1. The summed E-state index contributed by atoms with van der Waals surface area (Å²) in [7, 11) is 0. The monoisotopic (exact) mass is 276 g/mol. The van der Waals surface area contributed by atoms with Crippen molar-refractivity contribution in [3.8, 4) is 0 Å². The van der Waals surface area contributed by atoms with Crippen LogP contribution >= 0.6 is 0 Å². The number of benzene rings is 1. The molecule has 0 bridgehead atoms. The molecule has 0 aliphatic carbocycles. The minimum Gasteiger partial charge on any atom is -0.449 e. The predicted molar refractivity (Wildman–Crippen MR) is 79.4 cm³/mol. The quantitative estimate of drug-likeness (QED) is 0.860. The van der Waals surface area contributed by atoms with Gasteiger partial charge in [-0.25, -0.2) is 4.79 Å². The smallest absolute Gasteiger partial charge is 0.410 e. The molecule has 20 heavy (non-hydrogen) atoms. The molecule has 1 aliphatic rings. The lowest BCUT2D eigenvalue weighted by molar-refractivity contribution is 0.0657. The molecule has 2 N–H and O–H groups in total. The first-order chi connectivity index (χ1) is 9.74. The molecule has 1 aromatic carbocycles. The first-order valence-corrected chi connectivity index (χ1v) is 7.48. The summed E-state index contributed by atoms with van der Waals surface area (Å²) < 4.78 is 5.35. The summed E-state index contributed by atoms with van der Waals surface area (Å²) in [4.78, 5) is 14.0. The second kappa shape index (κ2) is 7.29. The number of rotatable bonds is 4. The van der Waals surface area contributed by atoms with Gasteiger partial charge in [0.2, 0.25) is 0 Å². The molecule has 2 atom stereocenters. The lowest BCUT2D eigenvalue weighted by Gasteiger charge is -2.39. The molecule has 1 amide bonds. The molecule has 4 heteroatoms.